The molecule has 5 heteroatoms. The average molecular weight is 307 g/mol. The molecule has 3 fully saturated rings. The van der Waals surface area contributed by atoms with Crippen LogP contribution in [0.4, 0.5) is 0 Å². The molecule has 2 saturated carbocycles. The Bertz CT molecular complexity index is 653. The summed E-state index contributed by atoms with van der Waals surface area (Å²) in [6, 6.07) is 6.97. The molecule has 21 heavy (non-hydrogen) atoms. The van der Waals surface area contributed by atoms with Crippen LogP contribution in [0.5, 0.6) is 0 Å². The first-order valence-electron chi connectivity index (χ1n) is 7.81. The van der Waals surface area contributed by atoms with E-state index in [0.29, 0.717) is 29.2 Å². The summed E-state index contributed by atoms with van der Waals surface area (Å²) >= 11 is 0. The predicted octanol–water partition coefficient (Wildman–Crippen LogP) is 1.64. The molecular weight excluding hydrogens is 286 g/mol. The fraction of sp³-hybridized carbons (Fsp3) is 0.625. The van der Waals surface area contributed by atoms with E-state index in [9.17, 15) is 13.5 Å². The highest BCUT2D eigenvalue weighted by atomic mass is 32.2. The lowest BCUT2D eigenvalue weighted by atomic mass is 9.88. The molecule has 5 atom stereocenters. The van der Waals surface area contributed by atoms with Crippen LogP contribution in [0.1, 0.15) is 25.3 Å². The van der Waals surface area contributed by atoms with E-state index >= 15 is 0 Å². The molecular formula is C16H21NO3S. The topological polar surface area (TPSA) is 57.6 Å². The third-order valence-electron chi connectivity index (χ3n) is 5.74. The maximum atomic E-state index is 12.9. The monoisotopic (exact) mass is 307 g/mol. The zero-order valence-corrected chi connectivity index (χ0v) is 13.0. The molecule has 0 unspecified atom stereocenters. The van der Waals surface area contributed by atoms with E-state index in [2.05, 4.69) is 6.92 Å². The van der Waals surface area contributed by atoms with Crippen LogP contribution in [0.15, 0.2) is 29.2 Å². The molecule has 1 aromatic rings. The van der Waals surface area contributed by atoms with Gasteiger partial charge in [0.2, 0.25) is 10.0 Å². The number of hydrogen-bond acceptors (Lipinski definition) is 3. The fourth-order valence-corrected chi connectivity index (χ4v) is 6.41. The molecule has 0 aromatic heterocycles. The van der Waals surface area contributed by atoms with Crippen molar-refractivity contribution in [1.29, 1.82) is 0 Å². The molecule has 2 bridgehead atoms. The lowest BCUT2D eigenvalue weighted by Gasteiger charge is -2.28. The number of fused-ring (bicyclic) bond motifs is 1. The van der Waals surface area contributed by atoms with Gasteiger partial charge in [0.1, 0.15) is 0 Å². The van der Waals surface area contributed by atoms with Gasteiger partial charge in [-0.3, -0.25) is 0 Å². The van der Waals surface area contributed by atoms with Crippen molar-refractivity contribution < 1.29 is 13.5 Å². The molecule has 4 rings (SSSR count). The van der Waals surface area contributed by atoms with Crippen molar-refractivity contribution in [3.8, 4) is 0 Å². The minimum atomic E-state index is -3.48. The molecule has 3 aliphatic rings. The van der Waals surface area contributed by atoms with Crippen molar-refractivity contribution in [3.05, 3.63) is 29.8 Å². The third kappa shape index (κ3) is 1.84. The highest BCUT2D eigenvalue weighted by molar-refractivity contribution is 7.89. The summed E-state index contributed by atoms with van der Waals surface area (Å²) in [5.41, 5.74) is 1.14. The normalized spacial score (nSPS) is 38.3. The van der Waals surface area contributed by atoms with E-state index in [1.807, 2.05) is 12.1 Å². The van der Waals surface area contributed by atoms with Gasteiger partial charge in [-0.05, 0) is 54.7 Å². The molecule has 1 saturated heterocycles. The molecule has 2 aliphatic carbocycles. The first-order valence-corrected chi connectivity index (χ1v) is 9.25. The largest absolute Gasteiger partial charge is 0.391 e. The van der Waals surface area contributed by atoms with Crippen LogP contribution in [0.2, 0.25) is 0 Å². The number of aliphatic hydroxyl groups excluding tert-OH is 1. The molecule has 0 spiro atoms. The van der Waals surface area contributed by atoms with Crippen LogP contribution < -0.4 is 0 Å². The number of nitrogens with zero attached hydrogens (tertiary/aromatic N) is 1. The highest BCUT2D eigenvalue weighted by Gasteiger charge is 2.61. The Morgan fingerprint density at radius 2 is 1.90 bits per heavy atom. The van der Waals surface area contributed by atoms with E-state index in [0.717, 1.165) is 24.8 Å². The second kappa shape index (κ2) is 4.54. The first kappa shape index (κ1) is 13.7. The van der Waals surface area contributed by atoms with Crippen LogP contribution >= 0.6 is 0 Å². The number of sulfonamides is 1. The van der Waals surface area contributed by atoms with Gasteiger partial charge in [-0.1, -0.05) is 19.1 Å². The number of aliphatic hydroxyl groups is 1. The summed E-state index contributed by atoms with van der Waals surface area (Å²) in [5.74, 6) is 1.13. The summed E-state index contributed by atoms with van der Waals surface area (Å²) in [7, 11) is -3.48. The maximum absolute atomic E-state index is 12.9. The zero-order valence-electron chi connectivity index (χ0n) is 12.1. The number of benzene rings is 1. The average Bonchev–Trinajstić information content (AvgIpc) is 3.09. The van der Waals surface area contributed by atoms with Gasteiger partial charge in [0, 0.05) is 6.54 Å². The van der Waals surface area contributed by atoms with Crippen molar-refractivity contribution >= 4 is 10.0 Å². The number of rotatable bonds is 3. The standard InChI is InChI=1S/C16H21NO3S/c1-2-10-3-5-13(6-4-10)21(19,20)17-9-12-7-11-8-14(12)15(17)16(11)18/h3-6,11-12,14-16,18H,2,7-9H2,1H3/t11-,12-,14-,15+,16+/m0/s1. The van der Waals surface area contributed by atoms with Gasteiger partial charge in [0.05, 0.1) is 17.0 Å². The molecule has 114 valence electrons. The molecule has 0 radical (unpaired) electrons. The first-order chi connectivity index (χ1) is 10.0. The van der Waals surface area contributed by atoms with Gasteiger partial charge < -0.3 is 5.11 Å². The summed E-state index contributed by atoms with van der Waals surface area (Å²) in [6.07, 6.45) is 2.41. The Hall–Kier alpha value is -0.910. The Balaban J connectivity index is 1.69. The van der Waals surface area contributed by atoms with Crippen LogP contribution in [0.3, 0.4) is 0 Å². The fourth-order valence-electron chi connectivity index (χ4n) is 4.67. The van der Waals surface area contributed by atoms with Gasteiger partial charge in [0.15, 0.2) is 0 Å². The quantitative estimate of drug-likeness (QED) is 0.923. The van der Waals surface area contributed by atoms with Gasteiger partial charge in [-0.25, -0.2) is 8.42 Å². The van der Waals surface area contributed by atoms with Crippen molar-refractivity contribution in [1.82, 2.24) is 4.31 Å². The van der Waals surface area contributed by atoms with Crippen LogP contribution in [0.25, 0.3) is 0 Å². The summed E-state index contributed by atoms with van der Waals surface area (Å²) < 4.78 is 27.4. The molecule has 1 aliphatic heterocycles. The zero-order chi connectivity index (χ0) is 14.8. The minimum absolute atomic E-state index is 0.190. The van der Waals surface area contributed by atoms with Crippen molar-refractivity contribution in [3.63, 3.8) is 0 Å². The van der Waals surface area contributed by atoms with E-state index in [1.165, 1.54) is 0 Å². The van der Waals surface area contributed by atoms with E-state index in [1.54, 1.807) is 16.4 Å². The molecule has 1 heterocycles. The summed E-state index contributed by atoms with van der Waals surface area (Å²) in [6.45, 7) is 2.64. The Labute approximate surface area is 125 Å². The van der Waals surface area contributed by atoms with Crippen molar-refractivity contribution in [2.24, 2.45) is 17.8 Å². The van der Waals surface area contributed by atoms with Crippen LogP contribution in [-0.2, 0) is 16.4 Å². The van der Waals surface area contributed by atoms with Crippen molar-refractivity contribution in [2.75, 3.05) is 6.54 Å². The Morgan fingerprint density at radius 1 is 1.19 bits per heavy atom. The number of hydrogen-bond donors (Lipinski definition) is 1. The van der Waals surface area contributed by atoms with Gasteiger partial charge >= 0.3 is 0 Å². The minimum Gasteiger partial charge on any atom is -0.391 e. The smallest absolute Gasteiger partial charge is 0.243 e. The second-order valence-corrected chi connectivity index (χ2v) is 8.60. The molecule has 0 amide bonds. The Morgan fingerprint density at radius 3 is 2.52 bits per heavy atom. The predicted molar refractivity (Wildman–Crippen MR) is 79.2 cm³/mol. The maximum Gasteiger partial charge on any atom is 0.243 e. The molecule has 1 aromatic carbocycles. The Kier molecular flexibility index (Phi) is 2.97. The SMILES string of the molecule is CCc1ccc(S(=O)(=O)N2C[C@@H]3C[C@H]4C[C@@H]3[C@@H]2[C@@H]4O)cc1. The van der Waals surface area contributed by atoms with Crippen LogP contribution in [-0.4, -0.2) is 36.5 Å². The number of aryl methyl sites for hydroxylation is 1. The highest BCUT2D eigenvalue weighted by Crippen LogP contribution is 2.56. The van der Waals surface area contributed by atoms with Gasteiger partial charge in [-0.2, -0.15) is 4.31 Å². The second-order valence-electron chi connectivity index (χ2n) is 6.71. The van der Waals surface area contributed by atoms with Gasteiger partial charge in [0.25, 0.3) is 0 Å². The van der Waals surface area contributed by atoms with Crippen molar-refractivity contribution in [2.45, 2.75) is 43.2 Å². The summed E-state index contributed by atoms with van der Waals surface area (Å²) in [4.78, 5) is 0.358. The third-order valence-corrected chi connectivity index (χ3v) is 7.62. The lowest BCUT2D eigenvalue weighted by Crippen LogP contribution is -2.43. The van der Waals surface area contributed by atoms with Crippen LogP contribution in [0, 0.1) is 17.8 Å². The van der Waals surface area contributed by atoms with E-state index < -0.39 is 16.1 Å². The summed E-state index contributed by atoms with van der Waals surface area (Å²) in [5, 5.41) is 10.4. The van der Waals surface area contributed by atoms with E-state index in [4.69, 9.17) is 0 Å². The molecule has 1 N–H and O–H groups in total. The van der Waals surface area contributed by atoms with Gasteiger partial charge in [-0.15, -0.1) is 0 Å². The van der Waals surface area contributed by atoms with E-state index in [-0.39, 0.29) is 6.04 Å². The molecule has 4 nitrogen and oxygen atoms in total. The lowest BCUT2D eigenvalue weighted by molar-refractivity contribution is 0.0731.